The van der Waals surface area contributed by atoms with Gasteiger partial charge in [-0.15, -0.1) is 0 Å². The number of benzene rings is 1. The van der Waals surface area contributed by atoms with E-state index in [1.165, 1.54) is 0 Å². The summed E-state index contributed by atoms with van der Waals surface area (Å²) < 4.78 is 15.6. The average molecular weight is 233 g/mol. The summed E-state index contributed by atoms with van der Waals surface area (Å²) in [5.41, 5.74) is 6.25. The van der Waals surface area contributed by atoms with E-state index in [1.54, 1.807) is 0 Å². The van der Waals surface area contributed by atoms with Crippen LogP contribution in [0.4, 0.5) is 0 Å². The highest BCUT2D eigenvalue weighted by molar-refractivity contribution is 5.61. The van der Waals surface area contributed by atoms with E-state index < -0.39 is 0 Å². The Kier molecular flexibility index (Phi) is 2.41. The zero-order valence-corrected chi connectivity index (χ0v) is 9.05. The minimum absolute atomic E-state index is 0.253. The smallest absolute Gasteiger partial charge is 0.231 e. The molecule has 1 aliphatic rings. The van der Waals surface area contributed by atoms with Gasteiger partial charge in [-0.2, -0.15) is 4.98 Å². The third-order valence-electron chi connectivity index (χ3n) is 2.46. The van der Waals surface area contributed by atoms with Crippen molar-refractivity contribution in [1.82, 2.24) is 10.1 Å². The van der Waals surface area contributed by atoms with Gasteiger partial charge in [0.05, 0.1) is 0 Å². The summed E-state index contributed by atoms with van der Waals surface area (Å²) in [6, 6.07) is 5.53. The molecule has 17 heavy (non-hydrogen) atoms. The Morgan fingerprint density at radius 1 is 1.24 bits per heavy atom. The van der Waals surface area contributed by atoms with Crippen LogP contribution in [0.2, 0.25) is 0 Å². The predicted molar refractivity (Wildman–Crippen MR) is 58.6 cm³/mol. The fourth-order valence-electron chi connectivity index (χ4n) is 1.63. The van der Waals surface area contributed by atoms with Crippen LogP contribution in [0.5, 0.6) is 11.5 Å². The van der Waals surface area contributed by atoms with E-state index in [0.29, 0.717) is 30.4 Å². The lowest BCUT2D eigenvalue weighted by Gasteiger charge is -1.97. The fraction of sp³-hybridized carbons (Fsp3) is 0.273. The first-order chi connectivity index (χ1) is 8.36. The van der Waals surface area contributed by atoms with Gasteiger partial charge in [-0.1, -0.05) is 5.16 Å². The standard InChI is InChI=1S/C11H11N3O3/c12-4-3-10-13-11(14-17-10)7-1-2-8-9(5-7)16-6-15-8/h1-2,5H,3-4,6,12H2. The normalized spacial score (nSPS) is 13.0. The van der Waals surface area contributed by atoms with Gasteiger partial charge in [0.2, 0.25) is 18.5 Å². The van der Waals surface area contributed by atoms with E-state index >= 15 is 0 Å². The van der Waals surface area contributed by atoms with E-state index in [1.807, 2.05) is 18.2 Å². The molecule has 0 fully saturated rings. The number of nitrogens with zero attached hydrogens (tertiary/aromatic N) is 2. The summed E-state index contributed by atoms with van der Waals surface area (Å²) in [7, 11) is 0. The van der Waals surface area contributed by atoms with E-state index in [4.69, 9.17) is 19.7 Å². The maximum atomic E-state index is 5.42. The van der Waals surface area contributed by atoms with Crippen LogP contribution in [0.3, 0.4) is 0 Å². The topological polar surface area (TPSA) is 83.4 Å². The van der Waals surface area contributed by atoms with Gasteiger partial charge in [0, 0.05) is 18.5 Å². The third-order valence-corrected chi connectivity index (χ3v) is 2.46. The summed E-state index contributed by atoms with van der Waals surface area (Å²) in [4.78, 5) is 4.24. The van der Waals surface area contributed by atoms with Gasteiger partial charge in [-0.3, -0.25) is 0 Å². The Balaban J connectivity index is 1.92. The van der Waals surface area contributed by atoms with Crippen LogP contribution < -0.4 is 15.2 Å². The van der Waals surface area contributed by atoms with Crippen molar-refractivity contribution in [2.75, 3.05) is 13.3 Å². The average Bonchev–Trinajstić information content (AvgIpc) is 2.96. The number of fused-ring (bicyclic) bond motifs is 1. The molecule has 0 saturated heterocycles. The minimum Gasteiger partial charge on any atom is -0.454 e. The van der Waals surface area contributed by atoms with E-state index in [-0.39, 0.29) is 6.79 Å². The van der Waals surface area contributed by atoms with Crippen LogP contribution in [-0.4, -0.2) is 23.5 Å². The van der Waals surface area contributed by atoms with Gasteiger partial charge in [0.1, 0.15) is 0 Å². The zero-order chi connectivity index (χ0) is 11.7. The lowest BCUT2D eigenvalue weighted by atomic mass is 10.2. The Bertz CT molecular complexity index is 539. The molecule has 0 aliphatic carbocycles. The molecule has 6 nitrogen and oxygen atoms in total. The Morgan fingerprint density at radius 3 is 3.00 bits per heavy atom. The maximum Gasteiger partial charge on any atom is 0.231 e. The van der Waals surface area contributed by atoms with Gasteiger partial charge in [-0.05, 0) is 18.2 Å². The van der Waals surface area contributed by atoms with Crippen molar-refractivity contribution in [2.45, 2.75) is 6.42 Å². The van der Waals surface area contributed by atoms with Crippen molar-refractivity contribution in [1.29, 1.82) is 0 Å². The van der Waals surface area contributed by atoms with Crippen molar-refractivity contribution < 1.29 is 14.0 Å². The summed E-state index contributed by atoms with van der Waals surface area (Å²) in [6.45, 7) is 0.742. The van der Waals surface area contributed by atoms with Crippen molar-refractivity contribution in [3.8, 4) is 22.9 Å². The molecule has 0 saturated carbocycles. The number of aromatic nitrogens is 2. The number of ether oxygens (including phenoxy) is 2. The van der Waals surface area contributed by atoms with Crippen molar-refractivity contribution in [2.24, 2.45) is 5.73 Å². The Labute approximate surface area is 97.3 Å². The second-order valence-electron chi connectivity index (χ2n) is 3.62. The molecule has 2 aromatic rings. The van der Waals surface area contributed by atoms with E-state index in [9.17, 15) is 0 Å². The zero-order valence-electron chi connectivity index (χ0n) is 9.05. The molecule has 1 aromatic heterocycles. The van der Waals surface area contributed by atoms with Gasteiger partial charge in [0.25, 0.3) is 0 Å². The Morgan fingerprint density at radius 2 is 2.12 bits per heavy atom. The predicted octanol–water partition coefficient (Wildman–Crippen LogP) is 0.966. The second-order valence-corrected chi connectivity index (χ2v) is 3.62. The molecule has 88 valence electrons. The van der Waals surface area contributed by atoms with Crippen LogP contribution in [0.1, 0.15) is 5.89 Å². The highest BCUT2D eigenvalue weighted by Gasteiger charge is 2.16. The first-order valence-electron chi connectivity index (χ1n) is 5.29. The third kappa shape index (κ3) is 1.83. The van der Waals surface area contributed by atoms with Gasteiger partial charge < -0.3 is 19.7 Å². The molecule has 1 aromatic carbocycles. The quantitative estimate of drug-likeness (QED) is 0.850. The first-order valence-corrected chi connectivity index (χ1v) is 5.29. The molecule has 2 heterocycles. The number of nitrogens with two attached hydrogens (primary N) is 1. The van der Waals surface area contributed by atoms with Crippen LogP contribution in [-0.2, 0) is 6.42 Å². The van der Waals surface area contributed by atoms with Crippen LogP contribution >= 0.6 is 0 Å². The van der Waals surface area contributed by atoms with Gasteiger partial charge >= 0.3 is 0 Å². The van der Waals surface area contributed by atoms with Crippen molar-refractivity contribution >= 4 is 0 Å². The maximum absolute atomic E-state index is 5.42. The molecule has 0 unspecified atom stereocenters. The van der Waals surface area contributed by atoms with Gasteiger partial charge in [-0.25, -0.2) is 0 Å². The summed E-state index contributed by atoms with van der Waals surface area (Å²) in [5, 5.41) is 3.89. The van der Waals surface area contributed by atoms with E-state index in [0.717, 1.165) is 11.3 Å². The molecule has 0 atom stereocenters. The second kappa shape index (κ2) is 4.06. The molecule has 0 radical (unpaired) electrons. The van der Waals surface area contributed by atoms with E-state index in [2.05, 4.69) is 10.1 Å². The molecule has 1 aliphatic heterocycles. The summed E-state index contributed by atoms with van der Waals surface area (Å²) in [6.07, 6.45) is 0.581. The molecule has 0 bridgehead atoms. The lowest BCUT2D eigenvalue weighted by molar-refractivity contribution is 0.174. The molecule has 6 heteroatoms. The van der Waals surface area contributed by atoms with Crippen LogP contribution in [0, 0.1) is 0 Å². The summed E-state index contributed by atoms with van der Waals surface area (Å²) in [5.74, 6) is 2.51. The lowest BCUT2D eigenvalue weighted by Crippen LogP contribution is -2.02. The monoisotopic (exact) mass is 233 g/mol. The van der Waals surface area contributed by atoms with Crippen molar-refractivity contribution in [3.05, 3.63) is 24.1 Å². The first kappa shape index (κ1) is 10.1. The number of rotatable bonds is 3. The summed E-state index contributed by atoms with van der Waals surface area (Å²) >= 11 is 0. The fourth-order valence-corrected chi connectivity index (χ4v) is 1.63. The van der Waals surface area contributed by atoms with Crippen LogP contribution in [0.15, 0.2) is 22.7 Å². The SMILES string of the molecule is NCCc1nc(-c2ccc3c(c2)OCO3)no1. The highest BCUT2D eigenvalue weighted by Crippen LogP contribution is 2.35. The minimum atomic E-state index is 0.253. The van der Waals surface area contributed by atoms with Crippen LogP contribution in [0.25, 0.3) is 11.4 Å². The Hall–Kier alpha value is -2.08. The largest absolute Gasteiger partial charge is 0.454 e. The number of hydrogen-bond acceptors (Lipinski definition) is 6. The molecule has 3 rings (SSSR count). The van der Waals surface area contributed by atoms with Crippen molar-refractivity contribution in [3.63, 3.8) is 0 Å². The van der Waals surface area contributed by atoms with Gasteiger partial charge in [0.15, 0.2) is 11.5 Å². The molecular weight excluding hydrogens is 222 g/mol. The molecular formula is C11H11N3O3. The number of hydrogen-bond donors (Lipinski definition) is 1. The highest BCUT2D eigenvalue weighted by atomic mass is 16.7. The molecule has 0 amide bonds. The molecule has 0 spiro atoms. The molecule has 2 N–H and O–H groups in total.